The fourth-order valence-electron chi connectivity index (χ4n) is 5.31. The fraction of sp³-hybridized carbons (Fsp3) is 0.556. The number of methoxy groups -OCH3 is 1. The summed E-state index contributed by atoms with van der Waals surface area (Å²) >= 11 is 0. The Morgan fingerprint density at radius 1 is 1.00 bits per heavy atom. The van der Waals surface area contributed by atoms with Crippen LogP contribution < -0.4 is 4.90 Å². The van der Waals surface area contributed by atoms with Gasteiger partial charge in [-0.15, -0.1) is 0 Å². The summed E-state index contributed by atoms with van der Waals surface area (Å²) in [5.41, 5.74) is -1.36. The molecule has 0 N–H and O–H groups in total. The van der Waals surface area contributed by atoms with Crippen molar-refractivity contribution in [3.05, 3.63) is 42.6 Å². The van der Waals surface area contributed by atoms with Crippen molar-refractivity contribution in [2.75, 3.05) is 38.2 Å². The van der Waals surface area contributed by atoms with Crippen molar-refractivity contribution in [2.24, 2.45) is 5.41 Å². The van der Waals surface area contributed by atoms with Gasteiger partial charge in [0, 0.05) is 44.5 Å². The maximum atomic E-state index is 13.1. The minimum Gasteiger partial charge on any atom is -0.467 e. The third-order valence-electron chi connectivity index (χ3n) is 7.65. The van der Waals surface area contributed by atoms with Crippen LogP contribution in [0.1, 0.15) is 52.9 Å². The number of nitrogens with zero attached hydrogens (tertiary/aromatic N) is 3. The Bertz CT molecular complexity index is 962. The molecule has 0 aliphatic carbocycles. The third-order valence-corrected chi connectivity index (χ3v) is 7.65. The number of para-hydroxylation sites is 1. The predicted octanol–water partition coefficient (Wildman–Crippen LogP) is 3.17. The summed E-state index contributed by atoms with van der Waals surface area (Å²) in [6.45, 7) is 7.77. The van der Waals surface area contributed by atoms with Gasteiger partial charge in [0.15, 0.2) is 5.78 Å². The number of rotatable bonds is 9. The van der Waals surface area contributed by atoms with Crippen LogP contribution in [0.4, 0.5) is 5.69 Å². The summed E-state index contributed by atoms with van der Waals surface area (Å²) < 4.78 is 5.21. The summed E-state index contributed by atoms with van der Waals surface area (Å²) in [5, 5.41) is 0. The predicted molar refractivity (Wildman–Crippen MR) is 134 cm³/mol. The third kappa shape index (κ3) is 4.89. The molecule has 2 amide bonds. The van der Waals surface area contributed by atoms with Crippen LogP contribution in [0.25, 0.3) is 0 Å². The number of esters is 1. The van der Waals surface area contributed by atoms with Crippen molar-refractivity contribution in [3.63, 3.8) is 0 Å². The summed E-state index contributed by atoms with van der Waals surface area (Å²) in [6.07, 6.45) is 5.19. The molecule has 3 rings (SSSR count). The first-order valence-corrected chi connectivity index (χ1v) is 12.5. The molecule has 0 atom stereocenters. The van der Waals surface area contributed by atoms with Gasteiger partial charge in [0.1, 0.15) is 11.0 Å². The lowest BCUT2D eigenvalue weighted by atomic mass is 9.75. The molecule has 1 aromatic carbocycles. The second-order valence-electron chi connectivity index (χ2n) is 9.25. The molecule has 0 bridgehead atoms. The van der Waals surface area contributed by atoms with Crippen LogP contribution in [0.5, 0.6) is 0 Å². The highest BCUT2D eigenvalue weighted by molar-refractivity contribution is 6.13. The number of ether oxygens (including phenoxy) is 1. The Hall–Kier alpha value is -3.00. The van der Waals surface area contributed by atoms with E-state index in [2.05, 4.69) is 4.90 Å². The maximum Gasteiger partial charge on any atom is 0.332 e. The number of hydrogen-bond donors (Lipinski definition) is 0. The van der Waals surface area contributed by atoms with Crippen LogP contribution in [0.15, 0.2) is 42.6 Å². The second kappa shape index (κ2) is 11.2. The number of hydrogen-bond acceptors (Lipinski definition) is 6. The Labute approximate surface area is 207 Å². The van der Waals surface area contributed by atoms with Gasteiger partial charge >= 0.3 is 5.97 Å². The van der Waals surface area contributed by atoms with E-state index in [0.717, 1.165) is 0 Å². The van der Waals surface area contributed by atoms with E-state index in [9.17, 15) is 19.2 Å². The Morgan fingerprint density at radius 3 is 2.17 bits per heavy atom. The quantitative estimate of drug-likeness (QED) is 0.396. The van der Waals surface area contributed by atoms with Crippen LogP contribution in [0, 0.1) is 5.41 Å². The Balaban J connectivity index is 1.75. The topological polar surface area (TPSA) is 87.2 Å². The molecular weight excluding hydrogens is 446 g/mol. The van der Waals surface area contributed by atoms with Gasteiger partial charge in [-0.2, -0.15) is 0 Å². The van der Waals surface area contributed by atoms with Gasteiger partial charge in [-0.3, -0.25) is 19.3 Å². The number of likely N-dealkylation sites (tertiary alicyclic amines) is 1. The van der Waals surface area contributed by atoms with Crippen molar-refractivity contribution in [1.29, 1.82) is 0 Å². The number of amides is 2. The average Bonchev–Trinajstić information content (AvgIpc) is 2.90. The van der Waals surface area contributed by atoms with Crippen LogP contribution >= 0.6 is 0 Å². The lowest BCUT2D eigenvalue weighted by molar-refractivity contribution is -0.151. The maximum absolute atomic E-state index is 13.1. The van der Waals surface area contributed by atoms with Crippen molar-refractivity contribution < 1.29 is 23.9 Å². The summed E-state index contributed by atoms with van der Waals surface area (Å²) in [7, 11) is 1.36. The first-order valence-electron chi connectivity index (χ1n) is 12.5. The first kappa shape index (κ1) is 26.6. The molecule has 8 nitrogen and oxygen atoms in total. The highest BCUT2D eigenvalue weighted by atomic mass is 16.5. The van der Waals surface area contributed by atoms with Gasteiger partial charge in [-0.1, -0.05) is 39.0 Å². The summed E-state index contributed by atoms with van der Waals surface area (Å²) in [6, 6.07) is 9.26. The molecular formula is C27H37N3O5. The zero-order valence-electron chi connectivity index (χ0n) is 21.3. The van der Waals surface area contributed by atoms with Crippen LogP contribution in [-0.4, -0.2) is 72.2 Å². The summed E-state index contributed by atoms with van der Waals surface area (Å²) in [5.74, 6) is -0.795. The SMILES string of the molecule is CCC(=O)N(c1ccccc1)C1(C(=O)OC)CCN(CCN2C=CC(=O)C(CC)(CC)C2=O)CC1. The molecule has 0 saturated carbocycles. The number of piperidine rings is 1. The Kier molecular flexibility index (Phi) is 8.48. The molecule has 2 heterocycles. The van der Waals surface area contributed by atoms with Crippen LogP contribution in [0.3, 0.4) is 0 Å². The van der Waals surface area contributed by atoms with Crippen LogP contribution in [0.2, 0.25) is 0 Å². The summed E-state index contributed by atoms with van der Waals surface area (Å²) in [4.78, 5) is 57.2. The van der Waals surface area contributed by atoms with E-state index in [1.165, 1.54) is 13.2 Å². The number of carbonyl (C=O) groups is 4. The van der Waals surface area contributed by atoms with E-state index in [0.29, 0.717) is 57.5 Å². The zero-order valence-corrected chi connectivity index (χ0v) is 21.3. The number of carbonyl (C=O) groups excluding carboxylic acids is 4. The smallest absolute Gasteiger partial charge is 0.332 e. The molecule has 2 aliphatic heterocycles. The standard InChI is InChI=1S/C27H37N3O5/c1-5-23(32)30(21-11-9-8-10-12-21)27(25(34)35-4)14-17-28(18-15-27)19-20-29-16-13-22(31)26(6-2,7-3)24(29)33/h8-13,16H,5-7,14-15,17-20H2,1-4H3. The average molecular weight is 484 g/mol. The molecule has 8 heteroatoms. The second-order valence-corrected chi connectivity index (χ2v) is 9.25. The van der Waals surface area contributed by atoms with Crippen molar-refractivity contribution >= 4 is 29.3 Å². The van der Waals surface area contributed by atoms with E-state index in [4.69, 9.17) is 4.74 Å². The number of allylic oxidation sites excluding steroid dienone is 1. The minimum absolute atomic E-state index is 0.119. The van der Waals surface area contributed by atoms with Gasteiger partial charge in [0.05, 0.1) is 7.11 Å². The normalized spacial score (nSPS) is 19.5. The largest absolute Gasteiger partial charge is 0.467 e. The molecule has 1 aromatic rings. The minimum atomic E-state index is -1.08. The number of benzene rings is 1. The molecule has 1 saturated heterocycles. The van der Waals surface area contributed by atoms with Crippen molar-refractivity contribution in [2.45, 2.75) is 58.4 Å². The molecule has 35 heavy (non-hydrogen) atoms. The van der Waals surface area contributed by atoms with Crippen molar-refractivity contribution in [3.8, 4) is 0 Å². The van der Waals surface area contributed by atoms with E-state index in [1.54, 1.807) is 22.9 Å². The highest BCUT2D eigenvalue weighted by Crippen LogP contribution is 2.36. The van der Waals surface area contributed by atoms with E-state index in [1.807, 2.05) is 44.2 Å². The number of anilines is 1. The van der Waals surface area contributed by atoms with Gasteiger partial charge in [0.25, 0.3) is 0 Å². The highest BCUT2D eigenvalue weighted by Gasteiger charge is 2.50. The Morgan fingerprint density at radius 2 is 1.63 bits per heavy atom. The van der Waals surface area contributed by atoms with Gasteiger partial charge in [0.2, 0.25) is 11.8 Å². The molecule has 190 valence electrons. The molecule has 0 spiro atoms. The lowest BCUT2D eigenvalue weighted by Crippen LogP contribution is -2.63. The van der Waals surface area contributed by atoms with E-state index >= 15 is 0 Å². The molecule has 0 radical (unpaired) electrons. The zero-order chi connectivity index (χ0) is 25.6. The van der Waals surface area contributed by atoms with E-state index < -0.39 is 16.9 Å². The first-order chi connectivity index (χ1) is 16.8. The van der Waals surface area contributed by atoms with Crippen molar-refractivity contribution in [1.82, 2.24) is 9.80 Å². The monoisotopic (exact) mass is 483 g/mol. The van der Waals surface area contributed by atoms with Gasteiger partial charge < -0.3 is 14.5 Å². The lowest BCUT2D eigenvalue weighted by Gasteiger charge is -2.46. The molecule has 1 fully saturated rings. The van der Waals surface area contributed by atoms with Gasteiger partial charge in [-0.05, 0) is 43.9 Å². The van der Waals surface area contributed by atoms with E-state index in [-0.39, 0.29) is 24.0 Å². The fourth-order valence-corrected chi connectivity index (χ4v) is 5.31. The van der Waals surface area contributed by atoms with Gasteiger partial charge in [-0.25, -0.2) is 4.79 Å². The molecule has 0 unspecified atom stereocenters. The molecule has 2 aliphatic rings. The molecule has 0 aromatic heterocycles. The number of ketones is 1. The van der Waals surface area contributed by atoms with Crippen LogP contribution in [-0.2, 0) is 23.9 Å².